The van der Waals surface area contributed by atoms with Gasteiger partial charge in [-0.3, -0.25) is 0 Å². The lowest BCUT2D eigenvalue weighted by Gasteiger charge is -2.09. The largest absolute Gasteiger partial charge is 0.456 e. The predicted octanol–water partition coefficient (Wildman–Crippen LogP) is 7.80. The van der Waals surface area contributed by atoms with E-state index in [-0.39, 0.29) is 0 Å². The molecule has 2 heterocycles. The molecule has 0 fully saturated rings. The van der Waals surface area contributed by atoms with Gasteiger partial charge in [0.25, 0.3) is 0 Å². The Labute approximate surface area is 171 Å². The van der Waals surface area contributed by atoms with E-state index in [1.807, 2.05) is 24.3 Å². The molecule has 0 aliphatic rings. The molecule has 0 unspecified atom stereocenters. The summed E-state index contributed by atoms with van der Waals surface area (Å²) in [5, 5.41) is 3.48. The summed E-state index contributed by atoms with van der Waals surface area (Å²) in [7, 11) is 0. The van der Waals surface area contributed by atoms with Crippen LogP contribution in [0.5, 0.6) is 0 Å². The Morgan fingerprint density at radius 2 is 1.68 bits per heavy atom. The van der Waals surface area contributed by atoms with Gasteiger partial charge in [-0.1, -0.05) is 52.9 Å². The average molecular weight is 428 g/mol. The van der Waals surface area contributed by atoms with Crippen molar-refractivity contribution in [2.45, 2.75) is 6.92 Å². The Morgan fingerprint density at radius 1 is 0.929 bits per heavy atom. The van der Waals surface area contributed by atoms with Crippen LogP contribution in [0.4, 0.5) is 0 Å². The van der Waals surface area contributed by atoms with Gasteiger partial charge in [0.15, 0.2) is 0 Å². The lowest BCUT2D eigenvalue weighted by atomic mass is 10.1. The molecule has 5 rings (SSSR count). The summed E-state index contributed by atoms with van der Waals surface area (Å²) in [6.07, 6.45) is 5.92. The quantitative estimate of drug-likeness (QED) is 0.268. The monoisotopic (exact) mass is 427 g/mol. The van der Waals surface area contributed by atoms with Crippen LogP contribution in [0.25, 0.3) is 44.6 Å². The van der Waals surface area contributed by atoms with E-state index in [0.29, 0.717) is 0 Å². The molecule has 0 atom stereocenters. The summed E-state index contributed by atoms with van der Waals surface area (Å²) in [5.74, 6) is 0. The zero-order valence-corrected chi connectivity index (χ0v) is 17.0. The minimum Gasteiger partial charge on any atom is -0.456 e. The summed E-state index contributed by atoms with van der Waals surface area (Å²) in [6, 6.07) is 21.0. The minimum atomic E-state index is 0.896. The van der Waals surface area contributed by atoms with Crippen LogP contribution in [-0.4, -0.2) is 4.57 Å². The van der Waals surface area contributed by atoms with Gasteiger partial charge in [0.2, 0.25) is 0 Å². The molecule has 0 saturated heterocycles. The first kappa shape index (κ1) is 17.1. The maximum absolute atomic E-state index is 6.03. The number of para-hydroxylation sites is 1. The Morgan fingerprint density at radius 3 is 2.50 bits per heavy atom. The van der Waals surface area contributed by atoms with Crippen LogP contribution in [-0.2, 0) is 0 Å². The van der Waals surface area contributed by atoms with Gasteiger partial charge in [0.05, 0.1) is 5.52 Å². The molecule has 2 aromatic heterocycles. The fourth-order valence-corrected chi connectivity index (χ4v) is 4.30. The molecule has 5 aromatic rings. The Hall–Kier alpha value is -3.04. The summed E-state index contributed by atoms with van der Waals surface area (Å²) in [5.41, 5.74) is 6.52. The van der Waals surface area contributed by atoms with Gasteiger partial charge in [-0.25, -0.2) is 0 Å². The first-order chi connectivity index (χ1) is 13.7. The van der Waals surface area contributed by atoms with Crippen LogP contribution < -0.4 is 0 Å². The van der Waals surface area contributed by atoms with Crippen molar-refractivity contribution >= 4 is 54.8 Å². The number of aromatic nitrogens is 1. The third kappa shape index (κ3) is 2.54. The maximum atomic E-state index is 6.03. The normalized spacial score (nSPS) is 11.9. The van der Waals surface area contributed by atoms with E-state index in [1.165, 1.54) is 16.5 Å². The molecule has 3 heteroatoms. The topological polar surface area (TPSA) is 18.1 Å². The summed E-state index contributed by atoms with van der Waals surface area (Å²) in [6.45, 7) is 6.00. The molecule has 0 aliphatic heterocycles. The highest BCUT2D eigenvalue weighted by Crippen LogP contribution is 2.35. The Bertz CT molecular complexity index is 1400. The van der Waals surface area contributed by atoms with Gasteiger partial charge in [-0.05, 0) is 61.0 Å². The molecular formula is C25H18BrNO. The van der Waals surface area contributed by atoms with Crippen molar-refractivity contribution in [3.05, 3.63) is 95.1 Å². The zero-order valence-electron chi connectivity index (χ0n) is 15.4. The molecule has 0 saturated carbocycles. The van der Waals surface area contributed by atoms with E-state index in [9.17, 15) is 0 Å². The molecule has 28 heavy (non-hydrogen) atoms. The molecule has 2 nitrogen and oxygen atoms in total. The number of furan rings is 1. The van der Waals surface area contributed by atoms with Gasteiger partial charge in [-0.2, -0.15) is 0 Å². The number of allylic oxidation sites excluding steroid dienone is 2. The standard InChI is InChI=1S/C25H18BrNO/c1-3-4-8-22-16(2)19-7-5-6-9-23(19)27(22)18-11-13-25-21(15-18)20-14-17(26)10-12-24(20)28-25/h3-15H,1H2,2H3/b8-4-. The van der Waals surface area contributed by atoms with Crippen molar-refractivity contribution in [1.82, 2.24) is 4.57 Å². The fourth-order valence-electron chi connectivity index (χ4n) is 3.93. The second kappa shape index (κ2) is 6.54. The van der Waals surface area contributed by atoms with Gasteiger partial charge in [-0.15, -0.1) is 0 Å². The first-order valence-corrected chi connectivity index (χ1v) is 9.98. The van der Waals surface area contributed by atoms with Crippen LogP contribution in [0.1, 0.15) is 11.3 Å². The van der Waals surface area contributed by atoms with Gasteiger partial charge in [0.1, 0.15) is 11.2 Å². The molecule has 0 N–H and O–H groups in total. The number of nitrogens with zero attached hydrogens (tertiary/aromatic N) is 1. The summed E-state index contributed by atoms with van der Waals surface area (Å²) >= 11 is 3.58. The van der Waals surface area contributed by atoms with Crippen LogP contribution >= 0.6 is 15.9 Å². The van der Waals surface area contributed by atoms with E-state index < -0.39 is 0 Å². The van der Waals surface area contributed by atoms with E-state index in [4.69, 9.17) is 4.42 Å². The number of rotatable bonds is 3. The Balaban J connectivity index is 1.85. The Kier molecular flexibility index (Phi) is 3.99. The van der Waals surface area contributed by atoms with Gasteiger partial charge >= 0.3 is 0 Å². The first-order valence-electron chi connectivity index (χ1n) is 9.19. The SMILES string of the molecule is C=C/C=C\c1c(C)c2ccccc2n1-c1ccc2oc3ccc(Br)cc3c2c1. The molecule has 0 radical (unpaired) electrons. The molecule has 0 aliphatic carbocycles. The van der Waals surface area contributed by atoms with Crippen molar-refractivity contribution in [2.75, 3.05) is 0 Å². The predicted molar refractivity (Wildman–Crippen MR) is 122 cm³/mol. The van der Waals surface area contributed by atoms with E-state index in [2.05, 4.69) is 88.6 Å². The summed E-state index contributed by atoms with van der Waals surface area (Å²) in [4.78, 5) is 0. The molecular weight excluding hydrogens is 410 g/mol. The summed E-state index contributed by atoms with van der Waals surface area (Å²) < 4.78 is 9.38. The van der Waals surface area contributed by atoms with Gasteiger partial charge in [0, 0.05) is 32.0 Å². The highest BCUT2D eigenvalue weighted by Gasteiger charge is 2.15. The second-order valence-corrected chi connectivity index (χ2v) is 7.80. The number of aryl methyl sites for hydroxylation is 1. The van der Waals surface area contributed by atoms with E-state index in [1.54, 1.807) is 0 Å². The van der Waals surface area contributed by atoms with Crippen LogP contribution in [0, 0.1) is 6.92 Å². The fraction of sp³-hybridized carbons (Fsp3) is 0.0400. The average Bonchev–Trinajstić information content (AvgIpc) is 3.21. The molecule has 136 valence electrons. The zero-order chi connectivity index (χ0) is 19.3. The number of hydrogen-bond donors (Lipinski definition) is 0. The molecule has 3 aromatic carbocycles. The minimum absolute atomic E-state index is 0.896. The van der Waals surface area contributed by atoms with Crippen LogP contribution in [0.3, 0.4) is 0 Å². The number of benzene rings is 3. The number of hydrogen-bond acceptors (Lipinski definition) is 1. The van der Waals surface area contributed by atoms with E-state index in [0.717, 1.165) is 37.8 Å². The van der Waals surface area contributed by atoms with E-state index >= 15 is 0 Å². The second-order valence-electron chi connectivity index (χ2n) is 6.88. The van der Waals surface area contributed by atoms with Crippen molar-refractivity contribution in [2.24, 2.45) is 0 Å². The van der Waals surface area contributed by atoms with Crippen molar-refractivity contribution in [3.63, 3.8) is 0 Å². The highest BCUT2D eigenvalue weighted by atomic mass is 79.9. The number of fused-ring (bicyclic) bond motifs is 4. The molecule has 0 bridgehead atoms. The third-order valence-electron chi connectivity index (χ3n) is 5.24. The van der Waals surface area contributed by atoms with Crippen LogP contribution in [0.15, 0.2) is 88.3 Å². The van der Waals surface area contributed by atoms with Gasteiger partial charge < -0.3 is 8.98 Å². The molecule has 0 amide bonds. The van der Waals surface area contributed by atoms with Crippen LogP contribution in [0.2, 0.25) is 0 Å². The smallest absolute Gasteiger partial charge is 0.135 e. The number of halogens is 1. The highest BCUT2D eigenvalue weighted by molar-refractivity contribution is 9.10. The molecule has 0 spiro atoms. The van der Waals surface area contributed by atoms with Crippen molar-refractivity contribution in [1.29, 1.82) is 0 Å². The van der Waals surface area contributed by atoms with Crippen molar-refractivity contribution < 1.29 is 4.42 Å². The third-order valence-corrected chi connectivity index (χ3v) is 5.73. The van der Waals surface area contributed by atoms with Crippen molar-refractivity contribution in [3.8, 4) is 5.69 Å². The lowest BCUT2D eigenvalue weighted by molar-refractivity contribution is 0.669. The maximum Gasteiger partial charge on any atom is 0.135 e. The lowest BCUT2D eigenvalue weighted by Crippen LogP contribution is -1.96.